The molecule has 0 aliphatic rings. The molecule has 0 aliphatic heterocycles. The average molecular weight is 173 g/mol. The second kappa shape index (κ2) is 6.64. The first-order valence-electron chi connectivity index (χ1n) is 4.04. The van der Waals surface area contributed by atoms with E-state index < -0.39 is 0 Å². The van der Waals surface area contributed by atoms with Crippen LogP contribution in [0.4, 0.5) is 0 Å². The maximum atomic E-state index is 10.7. The van der Waals surface area contributed by atoms with Gasteiger partial charge in [-0.05, 0) is 6.42 Å². The quantitative estimate of drug-likeness (QED) is 0.485. The van der Waals surface area contributed by atoms with Gasteiger partial charge in [0.05, 0.1) is 7.11 Å². The van der Waals surface area contributed by atoms with Crippen LogP contribution < -0.4 is 5.32 Å². The van der Waals surface area contributed by atoms with Crippen molar-refractivity contribution in [2.75, 3.05) is 13.7 Å². The van der Waals surface area contributed by atoms with E-state index in [9.17, 15) is 9.59 Å². The fourth-order valence-electron chi connectivity index (χ4n) is 0.688. The number of amides is 1. The minimum atomic E-state index is -0.235. The van der Waals surface area contributed by atoms with Gasteiger partial charge in [-0.2, -0.15) is 0 Å². The SMILES string of the molecule is CCC(=O)NCCCC(=O)OC. The lowest BCUT2D eigenvalue weighted by molar-refractivity contribution is -0.140. The van der Waals surface area contributed by atoms with Gasteiger partial charge < -0.3 is 10.1 Å². The first kappa shape index (κ1) is 10.9. The van der Waals surface area contributed by atoms with Gasteiger partial charge >= 0.3 is 5.97 Å². The number of esters is 1. The molecule has 0 aromatic carbocycles. The number of hydrogen-bond acceptors (Lipinski definition) is 3. The molecule has 0 radical (unpaired) electrons. The fourth-order valence-corrected chi connectivity index (χ4v) is 0.688. The summed E-state index contributed by atoms with van der Waals surface area (Å²) in [6.07, 6.45) is 1.48. The van der Waals surface area contributed by atoms with E-state index in [0.717, 1.165) is 0 Å². The van der Waals surface area contributed by atoms with Gasteiger partial charge in [-0.25, -0.2) is 0 Å². The van der Waals surface area contributed by atoms with Crippen LogP contribution in [0.25, 0.3) is 0 Å². The molecule has 0 aromatic heterocycles. The van der Waals surface area contributed by atoms with Gasteiger partial charge in [0.1, 0.15) is 0 Å². The van der Waals surface area contributed by atoms with Crippen molar-refractivity contribution in [3.63, 3.8) is 0 Å². The van der Waals surface area contributed by atoms with Crippen molar-refractivity contribution < 1.29 is 14.3 Å². The van der Waals surface area contributed by atoms with Gasteiger partial charge in [0.15, 0.2) is 0 Å². The molecule has 0 heterocycles. The first-order chi connectivity index (χ1) is 5.70. The van der Waals surface area contributed by atoms with Crippen LogP contribution in [-0.4, -0.2) is 25.5 Å². The summed E-state index contributed by atoms with van der Waals surface area (Å²) in [4.78, 5) is 21.3. The molecule has 0 unspecified atom stereocenters. The second-order valence-electron chi connectivity index (χ2n) is 2.38. The third-order valence-corrected chi connectivity index (χ3v) is 1.43. The molecule has 0 saturated carbocycles. The van der Waals surface area contributed by atoms with Crippen LogP contribution in [0.5, 0.6) is 0 Å². The van der Waals surface area contributed by atoms with Crippen LogP contribution in [0.3, 0.4) is 0 Å². The molecular formula is C8H15NO3. The molecule has 0 bridgehead atoms. The Morgan fingerprint density at radius 2 is 2.08 bits per heavy atom. The summed E-state index contributed by atoms with van der Waals surface area (Å²) in [7, 11) is 1.35. The van der Waals surface area contributed by atoms with Gasteiger partial charge in [0, 0.05) is 19.4 Å². The Morgan fingerprint density at radius 3 is 2.58 bits per heavy atom. The van der Waals surface area contributed by atoms with E-state index in [1.54, 1.807) is 6.92 Å². The van der Waals surface area contributed by atoms with Gasteiger partial charge in [0.2, 0.25) is 5.91 Å². The fraction of sp³-hybridized carbons (Fsp3) is 0.750. The summed E-state index contributed by atoms with van der Waals surface area (Å²) in [5, 5.41) is 2.67. The number of nitrogens with one attached hydrogen (secondary N) is 1. The number of methoxy groups -OCH3 is 1. The molecule has 0 atom stereocenters. The predicted octanol–water partition coefficient (Wildman–Crippen LogP) is 0.466. The standard InChI is InChI=1S/C8H15NO3/c1-3-7(10)9-6-4-5-8(11)12-2/h3-6H2,1-2H3,(H,9,10). The Hall–Kier alpha value is -1.06. The molecule has 0 rings (SSSR count). The Labute approximate surface area is 72.3 Å². The first-order valence-corrected chi connectivity index (χ1v) is 4.04. The van der Waals surface area contributed by atoms with Crippen molar-refractivity contribution in [1.29, 1.82) is 0 Å². The third-order valence-electron chi connectivity index (χ3n) is 1.43. The summed E-state index contributed by atoms with van der Waals surface area (Å²) in [5.74, 6) is -0.222. The van der Waals surface area contributed by atoms with Crippen molar-refractivity contribution in [3.8, 4) is 0 Å². The number of ether oxygens (including phenoxy) is 1. The van der Waals surface area contributed by atoms with Crippen LogP contribution in [0, 0.1) is 0 Å². The molecule has 12 heavy (non-hydrogen) atoms. The zero-order valence-corrected chi connectivity index (χ0v) is 7.55. The van der Waals surface area contributed by atoms with Crippen LogP contribution >= 0.6 is 0 Å². The minimum Gasteiger partial charge on any atom is -0.469 e. The zero-order chi connectivity index (χ0) is 9.40. The molecule has 0 spiro atoms. The smallest absolute Gasteiger partial charge is 0.305 e. The normalized spacial score (nSPS) is 9.17. The number of carbonyl (C=O) groups excluding carboxylic acids is 2. The molecule has 4 heteroatoms. The maximum absolute atomic E-state index is 10.7. The Morgan fingerprint density at radius 1 is 1.42 bits per heavy atom. The van der Waals surface area contributed by atoms with Crippen molar-refractivity contribution >= 4 is 11.9 Å². The Bertz CT molecular complexity index is 138. The highest BCUT2D eigenvalue weighted by Crippen LogP contribution is 1.89. The maximum Gasteiger partial charge on any atom is 0.305 e. The van der Waals surface area contributed by atoms with Gasteiger partial charge in [-0.15, -0.1) is 0 Å². The lowest BCUT2D eigenvalue weighted by Gasteiger charge is -2.01. The molecular weight excluding hydrogens is 158 g/mol. The number of rotatable bonds is 5. The van der Waals surface area contributed by atoms with Crippen LogP contribution in [-0.2, 0) is 14.3 Å². The monoisotopic (exact) mass is 173 g/mol. The topological polar surface area (TPSA) is 55.4 Å². The van der Waals surface area contributed by atoms with Gasteiger partial charge in [-0.1, -0.05) is 6.92 Å². The van der Waals surface area contributed by atoms with E-state index in [1.807, 2.05) is 0 Å². The third kappa shape index (κ3) is 5.70. The predicted molar refractivity (Wildman–Crippen MR) is 44.6 cm³/mol. The van der Waals surface area contributed by atoms with E-state index >= 15 is 0 Å². The number of carbonyl (C=O) groups is 2. The molecule has 0 aliphatic carbocycles. The van der Waals surface area contributed by atoms with E-state index in [-0.39, 0.29) is 11.9 Å². The van der Waals surface area contributed by atoms with E-state index in [2.05, 4.69) is 10.1 Å². The van der Waals surface area contributed by atoms with E-state index in [1.165, 1.54) is 7.11 Å². The molecule has 70 valence electrons. The Kier molecular flexibility index (Phi) is 6.05. The largest absolute Gasteiger partial charge is 0.469 e. The number of hydrogen-bond donors (Lipinski definition) is 1. The minimum absolute atomic E-state index is 0.0138. The summed E-state index contributed by atoms with van der Waals surface area (Å²) >= 11 is 0. The molecule has 1 amide bonds. The van der Waals surface area contributed by atoms with E-state index in [0.29, 0.717) is 25.8 Å². The molecule has 0 saturated heterocycles. The van der Waals surface area contributed by atoms with Crippen molar-refractivity contribution in [2.45, 2.75) is 26.2 Å². The molecule has 0 aromatic rings. The lowest BCUT2D eigenvalue weighted by atomic mass is 10.3. The molecule has 4 nitrogen and oxygen atoms in total. The van der Waals surface area contributed by atoms with Crippen molar-refractivity contribution in [1.82, 2.24) is 5.32 Å². The average Bonchev–Trinajstić information content (AvgIpc) is 2.11. The van der Waals surface area contributed by atoms with E-state index in [4.69, 9.17) is 0 Å². The van der Waals surface area contributed by atoms with Crippen LogP contribution in [0.2, 0.25) is 0 Å². The zero-order valence-electron chi connectivity index (χ0n) is 7.55. The highest BCUT2D eigenvalue weighted by Gasteiger charge is 2.00. The Balaban J connectivity index is 3.21. The summed E-state index contributed by atoms with van der Waals surface area (Å²) in [6.45, 7) is 2.33. The highest BCUT2D eigenvalue weighted by molar-refractivity contribution is 5.75. The van der Waals surface area contributed by atoms with Crippen molar-refractivity contribution in [2.24, 2.45) is 0 Å². The van der Waals surface area contributed by atoms with Crippen LogP contribution in [0.15, 0.2) is 0 Å². The van der Waals surface area contributed by atoms with Gasteiger partial charge in [-0.3, -0.25) is 9.59 Å². The summed E-state index contributed by atoms with van der Waals surface area (Å²) in [5.41, 5.74) is 0. The summed E-state index contributed by atoms with van der Waals surface area (Å²) < 4.78 is 4.43. The molecule has 0 fully saturated rings. The molecule has 1 N–H and O–H groups in total. The summed E-state index contributed by atoms with van der Waals surface area (Å²) in [6, 6.07) is 0. The lowest BCUT2D eigenvalue weighted by Crippen LogP contribution is -2.23. The second-order valence-corrected chi connectivity index (χ2v) is 2.38. The van der Waals surface area contributed by atoms with Crippen LogP contribution in [0.1, 0.15) is 26.2 Å². The van der Waals surface area contributed by atoms with Gasteiger partial charge in [0.25, 0.3) is 0 Å². The highest BCUT2D eigenvalue weighted by atomic mass is 16.5. The van der Waals surface area contributed by atoms with Crippen molar-refractivity contribution in [3.05, 3.63) is 0 Å².